The SMILES string of the molecule is CCNC(C)CC(=O)Nc1ccc(Cl)c2ncccc12. The molecule has 1 aromatic heterocycles. The van der Waals surface area contributed by atoms with Gasteiger partial charge in [0, 0.05) is 24.0 Å². The highest BCUT2D eigenvalue weighted by molar-refractivity contribution is 6.35. The number of carbonyl (C=O) groups excluding carboxylic acids is 1. The average Bonchev–Trinajstić information content (AvgIpc) is 2.42. The molecule has 0 aliphatic rings. The van der Waals surface area contributed by atoms with Crippen molar-refractivity contribution in [3.63, 3.8) is 0 Å². The number of rotatable bonds is 5. The third-order valence-electron chi connectivity index (χ3n) is 3.04. The third-order valence-corrected chi connectivity index (χ3v) is 3.34. The zero-order valence-electron chi connectivity index (χ0n) is 11.6. The molecule has 2 rings (SSSR count). The second kappa shape index (κ2) is 6.68. The number of anilines is 1. The maximum atomic E-state index is 12.0. The molecule has 2 N–H and O–H groups in total. The van der Waals surface area contributed by atoms with Crippen molar-refractivity contribution in [2.24, 2.45) is 0 Å². The number of halogens is 1. The van der Waals surface area contributed by atoms with Crippen LogP contribution >= 0.6 is 11.6 Å². The van der Waals surface area contributed by atoms with Crippen LogP contribution in [0.1, 0.15) is 20.3 Å². The Morgan fingerprint density at radius 3 is 2.95 bits per heavy atom. The number of amides is 1. The molecule has 1 unspecified atom stereocenters. The van der Waals surface area contributed by atoms with Crippen molar-refractivity contribution < 1.29 is 4.79 Å². The fourth-order valence-corrected chi connectivity index (χ4v) is 2.36. The first kappa shape index (κ1) is 14.8. The first-order valence-electron chi connectivity index (χ1n) is 6.68. The molecule has 0 aliphatic heterocycles. The van der Waals surface area contributed by atoms with Crippen LogP contribution in [0.15, 0.2) is 30.5 Å². The van der Waals surface area contributed by atoms with Crippen LogP contribution in [0, 0.1) is 0 Å². The van der Waals surface area contributed by atoms with Gasteiger partial charge in [0.05, 0.1) is 16.2 Å². The van der Waals surface area contributed by atoms with Crippen molar-refractivity contribution in [1.29, 1.82) is 0 Å². The fourth-order valence-electron chi connectivity index (χ4n) is 2.15. The number of benzene rings is 1. The van der Waals surface area contributed by atoms with Gasteiger partial charge in [-0.1, -0.05) is 18.5 Å². The van der Waals surface area contributed by atoms with E-state index in [4.69, 9.17) is 11.6 Å². The molecule has 1 atom stereocenters. The van der Waals surface area contributed by atoms with Crippen molar-refractivity contribution in [3.05, 3.63) is 35.5 Å². The minimum absolute atomic E-state index is 0.0223. The van der Waals surface area contributed by atoms with Gasteiger partial charge in [0.15, 0.2) is 0 Å². The smallest absolute Gasteiger partial charge is 0.225 e. The van der Waals surface area contributed by atoms with Gasteiger partial charge in [-0.3, -0.25) is 9.78 Å². The first-order chi connectivity index (χ1) is 9.61. The Morgan fingerprint density at radius 2 is 2.20 bits per heavy atom. The lowest BCUT2D eigenvalue weighted by molar-refractivity contribution is -0.116. The number of hydrogen-bond acceptors (Lipinski definition) is 3. The maximum absolute atomic E-state index is 12.0. The molecule has 20 heavy (non-hydrogen) atoms. The zero-order valence-corrected chi connectivity index (χ0v) is 12.4. The van der Waals surface area contributed by atoms with Crippen molar-refractivity contribution in [3.8, 4) is 0 Å². The lowest BCUT2D eigenvalue weighted by Crippen LogP contribution is -2.30. The first-order valence-corrected chi connectivity index (χ1v) is 7.06. The Labute approximate surface area is 123 Å². The van der Waals surface area contributed by atoms with Gasteiger partial charge < -0.3 is 10.6 Å². The summed E-state index contributed by atoms with van der Waals surface area (Å²) in [5.74, 6) is -0.0223. The number of carbonyl (C=O) groups is 1. The maximum Gasteiger partial charge on any atom is 0.225 e. The van der Waals surface area contributed by atoms with E-state index in [1.54, 1.807) is 12.3 Å². The molecular formula is C15H18ClN3O. The van der Waals surface area contributed by atoms with E-state index in [0.29, 0.717) is 17.0 Å². The van der Waals surface area contributed by atoms with Crippen LogP contribution in [-0.4, -0.2) is 23.5 Å². The summed E-state index contributed by atoms with van der Waals surface area (Å²) >= 11 is 6.11. The van der Waals surface area contributed by atoms with Crippen molar-refractivity contribution in [2.45, 2.75) is 26.3 Å². The summed E-state index contributed by atoms with van der Waals surface area (Å²) in [5.41, 5.74) is 1.44. The predicted octanol–water partition coefficient (Wildman–Crippen LogP) is 3.21. The molecule has 5 heteroatoms. The van der Waals surface area contributed by atoms with E-state index in [1.165, 1.54) is 0 Å². The Kier molecular flexibility index (Phi) is 4.93. The van der Waals surface area contributed by atoms with Gasteiger partial charge in [0.2, 0.25) is 5.91 Å². The van der Waals surface area contributed by atoms with Crippen molar-refractivity contribution in [2.75, 3.05) is 11.9 Å². The van der Waals surface area contributed by atoms with Crippen LogP contribution in [0.25, 0.3) is 10.9 Å². The van der Waals surface area contributed by atoms with Crippen LogP contribution in [-0.2, 0) is 4.79 Å². The molecule has 4 nitrogen and oxygen atoms in total. The van der Waals surface area contributed by atoms with Crippen molar-refractivity contribution in [1.82, 2.24) is 10.3 Å². The Hall–Kier alpha value is -1.65. The number of fused-ring (bicyclic) bond motifs is 1. The second-order valence-electron chi connectivity index (χ2n) is 4.71. The summed E-state index contributed by atoms with van der Waals surface area (Å²) in [4.78, 5) is 16.3. The van der Waals surface area contributed by atoms with Gasteiger partial charge in [-0.25, -0.2) is 0 Å². The summed E-state index contributed by atoms with van der Waals surface area (Å²) in [5, 5.41) is 7.57. The number of hydrogen-bond donors (Lipinski definition) is 2. The molecule has 0 bridgehead atoms. The summed E-state index contributed by atoms with van der Waals surface area (Å²) in [6.07, 6.45) is 2.12. The van der Waals surface area contributed by atoms with E-state index in [1.807, 2.05) is 32.0 Å². The highest BCUT2D eigenvalue weighted by Gasteiger charge is 2.11. The predicted molar refractivity (Wildman–Crippen MR) is 83.1 cm³/mol. The molecule has 0 fully saturated rings. The summed E-state index contributed by atoms with van der Waals surface area (Å²) in [6, 6.07) is 7.44. The third kappa shape index (κ3) is 3.46. The molecule has 0 spiro atoms. The van der Waals surface area contributed by atoms with E-state index < -0.39 is 0 Å². The number of pyridine rings is 1. The summed E-state index contributed by atoms with van der Waals surface area (Å²) < 4.78 is 0. The normalized spacial score (nSPS) is 12.3. The van der Waals surface area contributed by atoms with Gasteiger partial charge in [-0.05, 0) is 37.7 Å². The number of aromatic nitrogens is 1. The lowest BCUT2D eigenvalue weighted by atomic mass is 10.1. The van der Waals surface area contributed by atoms with Crippen LogP contribution < -0.4 is 10.6 Å². The lowest BCUT2D eigenvalue weighted by Gasteiger charge is -2.13. The monoisotopic (exact) mass is 291 g/mol. The Bertz CT molecular complexity index is 615. The molecule has 0 saturated carbocycles. The number of nitrogens with zero attached hydrogens (tertiary/aromatic N) is 1. The Morgan fingerprint density at radius 1 is 1.40 bits per heavy atom. The van der Waals surface area contributed by atoms with Gasteiger partial charge in [-0.2, -0.15) is 0 Å². The Balaban J connectivity index is 2.18. The van der Waals surface area contributed by atoms with Crippen LogP contribution in [0.5, 0.6) is 0 Å². The molecule has 1 amide bonds. The summed E-state index contributed by atoms with van der Waals surface area (Å²) in [7, 11) is 0. The van der Waals surface area contributed by atoms with Crippen LogP contribution in [0.2, 0.25) is 5.02 Å². The summed E-state index contributed by atoms with van der Waals surface area (Å²) in [6.45, 7) is 4.86. The highest BCUT2D eigenvalue weighted by atomic mass is 35.5. The van der Waals surface area contributed by atoms with Gasteiger partial charge in [-0.15, -0.1) is 0 Å². The molecule has 1 heterocycles. The largest absolute Gasteiger partial charge is 0.325 e. The molecule has 1 aromatic carbocycles. The van der Waals surface area contributed by atoms with Gasteiger partial charge >= 0.3 is 0 Å². The van der Waals surface area contributed by atoms with E-state index >= 15 is 0 Å². The molecule has 106 valence electrons. The van der Waals surface area contributed by atoms with Crippen molar-refractivity contribution >= 4 is 34.1 Å². The second-order valence-corrected chi connectivity index (χ2v) is 5.11. The molecule has 0 saturated heterocycles. The quantitative estimate of drug-likeness (QED) is 0.889. The number of nitrogens with one attached hydrogen (secondary N) is 2. The minimum Gasteiger partial charge on any atom is -0.325 e. The molecule has 0 aliphatic carbocycles. The van der Waals surface area contributed by atoms with Gasteiger partial charge in [0.1, 0.15) is 0 Å². The van der Waals surface area contributed by atoms with E-state index in [-0.39, 0.29) is 11.9 Å². The average molecular weight is 292 g/mol. The standard InChI is InChI=1S/C15H18ClN3O/c1-3-17-10(2)9-14(20)19-13-7-6-12(16)15-11(13)5-4-8-18-15/h4-8,10,17H,3,9H2,1-2H3,(H,19,20). The van der Waals surface area contributed by atoms with E-state index in [0.717, 1.165) is 17.6 Å². The molecule has 0 radical (unpaired) electrons. The fraction of sp³-hybridized carbons (Fsp3) is 0.333. The molecule has 2 aromatic rings. The molecular weight excluding hydrogens is 274 g/mol. The van der Waals surface area contributed by atoms with E-state index in [2.05, 4.69) is 15.6 Å². The topological polar surface area (TPSA) is 54.0 Å². The van der Waals surface area contributed by atoms with E-state index in [9.17, 15) is 4.79 Å². The van der Waals surface area contributed by atoms with Gasteiger partial charge in [0.25, 0.3) is 0 Å². The highest BCUT2D eigenvalue weighted by Crippen LogP contribution is 2.28. The minimum atomic E-state index is -0.0223. The zero-order chi connectivity index (χ0) is 14.5. The van der Waals surface area contributed by atoms with Crippen LogP contribution in [0.3, 0.4) is 0 Å². The van der Waals surface area contributed by atoms with Crippen LogP contribution in [0.4, 0.5) is 5.69 Å².